The van der Waals surface area contributed by atoms with Crippen LogP contribution in [-0.2, 0) is 10.2 Å². The maximum absolute atomic E-state index is 11.5. The molecule has 0 aliphatic carbocycles. The van der Waals surface area contributed by atoms with Gasteiger partial charge < -0.3 is 5.32 Å². The van der Waals surface area contributed by atoms with Crippen molar-refractivity contribution in [2.75, 3.05) is 6.54 Å². The van der Waals surface area contributed by atoms with Gasteiger partial charge >= 0.3 is 0 Å². The quantitative estimate of drug-likeness (QED) is 0.689. The number of aromatic nitrogens is 1. The molecule has 1 aliphatic rings. The summed E-state index contributed by atoms with van der Waals surface area (Å²) in [6, 6.07) is 5.68. The van der Waals surface area contributed by atoms with E-state index in [0.29, 0.717) is 0 Å². The normalized spacial score (nSPS) is 27.3. The number of carbonyl (C=O) groups excluding carboxylic acids is 1. The SMILES string of the molecule is CC1(c2ccccn2)CCNC1=O. The minimum absolute atomic E-state index is 0.0891. The Morgan fingerprint density at radius 3 is 2.92 bits per heavy atom. The van der Waals surface area contributed by atoms with Crippen molar-refractivity contribution in [3.8, 4) is 0 Å². The van der Waals surface area contributed by atoms with Crippen molar-refractivity contribution in [1.82, 2.24) is 10.3 Å². The molecule has 0 radical (unpaired) electrons. The van der Waals surface area contributed by atoms with Crippen molar-refractivity contribution in [3.63, 3.8) is 0 Å². The number of nitrogens with one attached hydrogen (secondary N) is 1. The molecule has 1 aromatic heterocycles. The largest absolute Gasteiger partial charge is 0.355 e. The highest BCUT2D eigenvalue weighted by molar-refractivity contribution is 5.89. The molecule has 1 saturated heterocycles. The Kier molecular flexibility index (Phi) is 1.79. The topological polar surface area (TPSA) is 42.0 Å². The fourth-order valence-electron chi connectivity index (χ4n) is 1.67. The van der Waals surface area contributed by atoms with Gasteiger partial charge in [0.15, 0.2) is 0 Å². The molecule has 3 heteroatoms. The lowest BCUT2D eigenvalue weighted by atomic mass is 9.85. The summed E-state index contributed by atoms with van der Waals surface area (Å²) in [6.07, 6.45) is 2.56. The molecule has 0 saturated carbocycles. The van der Waals surface area contributed by atoms with Crippen LogP contribution >= 0.6 is 0 Å². The number of hydrogen-bond donors (Lipinski definition) is 1. The van der Waals surface area contributed by atoms with E-state index in [9.17, 15) is 4.79 Å². The lowest BCUT2D eigenvalue weighted by Crippen LogP contribution is -2.33. The average molecular weight is 176 g/mol. The molecule has 2 rings (SSSR count). The third-order valence-electron chi connectivity index (χ3n) is 2.64. The van der Waals surface area contributed by atoms with Crippen LogP contribution in [-0.4, -0.2) is 17.4 Å². The summed E-state index contributed by atoms with van der Waals surface area (Å²) in [4.78, 5) is 15.8. The first kappa shape index (κ1) is 8.23. The lowest BCUT2D eigenvalue weighted by molar-refractivity contribution is -0.123. The minimum Gasteiger partial charge on any atom is -0.355 e. The number of rotatable bonds is 1. The molecule has 1 amide bonds. The van der Waals surface area contributed by atoms with Crippen molar-refractivity contribution in [2.24, 2.45) is 0 Å². The minimum atomic E-state index is -0.415. The summed E-state index contributed by atoms with van der Waals surface area (Å²) in [6.45, 7) is 2.70. The van der Waals surface area contributed by atoms with E-state index in [4.69, 9.17) is 0 Å². The fraction of sp³-hybridized carbons (Fsp3) is 0.400. The zero-order chi connectivity index (χ0) is 9.31. The second-order valence-electron chi connectivity index (χ2n) is 3.55. The van der Waals surface area contributed by atoms with E-state index in [-0.39, 0.29) is 5.91 Å². The van der Waals surface area contributed by atoms with E-state index < -0.39 is 5.41 Å². The Hall–Kier alpha value is -1.38. The third-order valence-corrected chi connectivity index (χ3v) is 2.64. The molecule has 0 spiro atoms. The summed E-state index contributed by atoms with van der Waals surface area (Å²) in [5, 5.41) is 2.83. The van der Waals surface area contributed by atoms with Gasteiger partial charge in [0, 0.05) is 12.7 Å². The molecule has 3 nitrogen and oxygen atoms in total. The molecular formula is C10H12N2O. The van der Waals surface area contributed by atoms with E-state index in [0.717, 1.165) is 18.7 Å². The van der Waals surface area contributed by atoms with Gasteiger partial charge in [-0.1, -0.05) is 6.07 Å². The second kappa shape index (κ2) is 2.83. The summed E-state index contributed by atoms with van der Waals surface area (Å²) < 4.78 is 0. The molecule has 13 heavy (non-hydrogen) atoms. The molecule has 0 bridgehead atoms. The standard InChI is InChI=1S/C10H12N2O/c1-10(5-7-12-9(10)13)8-4-2-3-6-11-8/h2-4,6H,5,7H2,1H3,(H,12,13). The van der Waals surface area contributed by atoms with Crippen LogP contribution in [0, 0.1) is 0 Å². The molecule has 2 heterocycles. The van der Waals surface area contributed by atoms with Gasteiger partial charge in [-0.25, -0.2) is 0 Å². The highest BCUT2D eigenvalue weighted by Crippen LogP contribution is 2.29. The molecule has 1 aliphatic heterocycles. The van der Waals surface area contributed by atoms with E-state index in [1.165, 1.54) is 0 Å². The number of amides is 1. The third kappa shape index (κ3) is 1.20. The number of pyridine rings is 1. The molecule has 68 valence electrons. The Labute approximate surface area is 77.2 Å². The van der Waals surface area contributed by atoms with Crippen LogP contribution in [0.4, 0.5) is 0 Å². The Bertz CT molecular complexity index is 323. The Morgan fingerprint density at radius 2 is 2.38 bits per heavy atom. The molecule has 0 aromatic carbocycles. The lowest BCUT2D eigenvalue weighted by Gasteiger charge is -2.18. The van der Waals surface area contributed by atoms with Crippen molar-refractivity contribution < 1.29 is 4.79 Å². The van der Waals surface area contributed by atoms with Gasteiger partial charge in [0.25, 0.3) is 0 Å². The van der Waals surface area contributed by atoms with Gasteiger partial charge in [-0.15, -0.1) is 0 Å². The molecular weight excluding hydrogens is 164 g/mol. The van der Waals surface area contributed by atoms with Crippen molar-refractivity contribution in [3.05, 3.63) is 30.1 Å². The number of carbonyl (C=O) groups is 1. The van der Waals surface area contributed by atoms with Gasteiger partial charge in [0.1, 0.15) is 0 Å². The van der Waals surface area contributed by atoms with E-state index >= 15 is 0 Å². The van der Waals surface area contributed by atoms with Crippen molar-refractivity contribution >= 4 is 5.91 Å². The number of hydrogen-bond acceptors (Lipinski definition) is 2. The Morgan fingerprint density at radius 1 is 1.54 bits per heavy atom. The van der Waals surface area contributed by atoms with Crippen LogP contribution in [0.15, 0.2) is 24.4 Å². The maximum atomic E-state index is 11.5. The van der Waals surface area contributed by atoms with E-state index in [1.54, 1.807) is 6.20 Å². The van der Waals surface area contributed by atoms with Crippen LogP contribution in [0.2, 0.25) is 0 Å². The summed E-state index contributed by atoms with van der Waals surface area (Å²) in [5.74, 6) is 0.0891. The van der Waals surface area contributed by atoms with Crippen LogP contribution in [0.5, 0.6) is 0 Å². The Balaban J connectivity index is 2.40. The van der Waals surface area contributed by atoms with Crippen LogP contribution in [0.25, 0.3) is 0 Å². The smallest absolute Gasteiger partial charge is 0.232 e. The molecule has 1 aromatic rings. The molecule has 1 unspecified atom stereocenters. The van der Waals surface area contributed by atoms with E-state index in [2.05, 4.69) is 10.3 Å². The highest BCUT2D eigenvalue weighted by Gasteiger charge is 2.40. The monoisotopic (exact) mass is 176 g/mol. The first-order chi connectivity index (χ1) is 6.23. The first-order valence-electron chi connectivity index (χ1n) is 4.43. The van der Waals surface area contributed by atoms with Gasteiger partial charge in [0.2, 0.25) is 5.91 Å². The zero-order valence-electron chi connectivity index (χ0n) is 7.58. The first-order valence-corrected chi connectivity index (χ1v) is 4.43. The van der Waals surface area contributed by atoms with E-state index in [1.807, 2.05) is 25.1 Å². The van der Waals surface area contributed by atoms with Crippen molar-refractivity contribution in [1.29, 1.82) is 0 Å². The molecule has 1 atom stereocenters. The second-order valence-corrected chi connectivity index (χ2v) is 3.55. The molecule has 1 N–H and O–H groups in total. The summed E-state index contributed by atoms with van der Waals surface area (Å²) >= 11 is 0. The predicted octanol–water partition coefficient (Wildman–Crippen LogP) is 0.859. The fourth-order valence-corrected chi connectivity index (χ4v) is 1.67. The molecule has 1 fully saturated rings. The van der Waals surface area contributed by atoms with Gasteiger partial charge in [-0.2, -0.15) is 0 Å². The summed E-state index contributed by atoms with van der Waals surface area (Å²) in [5.41, 5.74) is 0.450. The predicted molar refractivity (Wildman–Crippen MR) is 49.2 cm³/mol. The zero-order valence-corrected chi connectivity index (χ0v) is 7.58. The van der Waals surface area contributed by atoms with Crippen molar-refractivity contribution in [2.45, 2.75) is 18.8 Å². The van der Waals surface area contributed by atoms with Crippen LogP contribution in [0.3, 0.4) is 0 Å². The number of nitrogens with zero attached hydrogens (tertiary/aromatic N) is 1. The van der Waals surface area contributed by atoms with Crippen LogP contribution in [0.1, 0.15) is 19.0 Å². The maximum Gasteiger partial charge on any atom is 0.232 e. The van der Waals surface area contributed by atoms with Crippen LogP contribution < -0.4 is 5.32 Å². The van der Waals surface area contributed by atoms with Gasteiger partial charge in [0.05, 0.1) is 11.1 Å². The highest BCUT2D eigenvalue weighted by atomic mass is 16.2. The average Bonchev–Trinajstić information content (AvgIpc) is 2.50. The van der Waals surface area contributed by atoms with Gasteiger partial charge in [-0.3, -0.25) is 9.78 Å². The summed E-state index contributed by atoms with van der Waals surface area (Å²) in [7, 11) is 0. The van der Waals surface area contributed by atoms with Gasteiger partial charge in [-0.05, 0) is 25.5 Å².